The molecule has 0 saturated carbocycles. The Hall–Kier alpha value is -0.670. The molecule has 1 aromatic rings. The van der Waals surface area contributed by atoms with Gasteiger partial charge in [0.05, 0.1) is 10.6 Å². The molecule has 1 aromatic carbocycles. The van der Waals surface area contributed by atoms with Crippen molar-refractivity contribution in [1.82, 2.24) is 0 Å². The Kier molecular flexibility index (Phi) is 6.41. The third kappa shape index (κ3) is 3.60. The van der Waals surface area contributed by atoms with Gasteiger partial charge < -0.3 is 5.11 Å². The summed E-state index contributed by atoms with van der Waals surface area (Å²) < 4.78 is 0. The van der Waals surface area contributed by atoms with Crippen LogP contribution in [0.4, 0.5) is 0 Å². The first kappa shape index (κ1) is 13.3. The maximum Gasteiger partial charge on any atom is 0.337 e. The fourth-order valence-corrected chi connectivity index (χ4v) is 1.56. The third-order valence-corrected chi connectivity index (χ3v) is 2.44. The normalized spacial score (nSPS) is 8.86. The lowest BCUT2D eigenvalue weighted by molar-refractivity contribution is 0.0697. The Morgan fingerprint density at radius 3 is 2.36 bits per heavy atom. The van der Waals surface area contributed by atoms with Gasteiger partial charge in [-0.15, -0.1) is 11.8 Å². The minimum atomic E-state index is -0.993. The monoisotopic (exact) mass is 232 g/mol. The van der Waals surface area contributed by atoms with Crippen molar-refractivity contribution in [3.8, 4) is 0 Å². The quantitative estimate of drug-likeness (QED) is 0.789. The van der Waals surface area contributed by atoms with E-state index in [4.69, 9.17) is 16.7 Å². The molecule has 0 atom stereocenters. The number of hydrogen-bond donors (Lipinski definition) is 1. The van der Waals surface area contributed by atoms with Gasteiger partial charge in [-0.3, -0.25) is 0 Å². The topological polar surface area (TPSA) is 37.3 Å². The number of carboxylic acids is 1. The summed E-state index contributed by atoms with van der Waals surface area (Å²) in [7, 11) is 0. The SMILES string of the molecule is CC.CSc1ccc(C(=O)O)c(Cl)c1. The predicted octanol–water partition coefficient (Wildman–Crippen LogP) is 3.79. The number of halogens is 1. The zero-order valence-electron chi connectivity index (χ0n) is 8.37. The van der Waals surface area contributed by atoms with Gasteiger partial charge >= 0.3 is 5.97 Å². The molecule has 14 heavy (non-hydrogen) atoms. The molecule has 0 radical (unpaired) electrons. The molecule has 0 amide bonds. The van der Waals surface area contributed by atoms with Crippen LogP contribution in [-0.2, 0) is 0 Å². The average molecular weight is 233 g/mol. The zero-order chi connectivity index (χ0) is 11.1. The molecule has 4 heteroatoms. The van der Waals surface area contributed by atoms with Gasteiger partial charge in [0.15, 0.2) is 0 Å². The van der Waals surface area contributed by atoms with E-state index in [2.05, 4.69) is 0 Å². The maximum atomic E-state index is 10.5. The number of carbonyl (C=O) groups is 1. The molecule has 0 fully saturated rings. The summed E-state index contributed by atoms with van der Waals surface area (Å²) in [6.07, 6.45) is 1.91. The lowest BCUT2D eigenvalue weighted by Crippen LogP contribution is -1.96. The van der Waals surface area contributed by atoms with E-state index in [1.807, 2.05) is 20.1 Å². The molecule has 0 aliphatic carbocycles. The van der Waals surface area contributed by atoms with Crippen molar-refractivity contribution in [1.29, 1.82) is 0 Å². The van der Waals surface area contributed by atoms with Crippen LogP contribution in [0.1, 0.15) is 24.2 Å². The van der Waals surface area contributed by atoms with Crippen LogP contribution in [0, 0.1) is 0 Å². The van der Waals surface area contributed by atoms with Crippen LogP contribution in [0.25, 0.3) is 0 Å². The number of rotatable bonds is 2. The van der Waals surface area contributed by atoms with Gasteiger partial charge in [-0.25, -0.2) is 4.79 Å². The molecule has 78 valence electrons. The van der Waals surface area contributed by atoms with Crippen LogP contribution in [0.5, 0.6) is 0 Å². The summed E-state index contributed by atoms with van der Waals surface area (Å²) in [6.45, 7) is 4.00. The van der Waals surface area contributed by atoms with Gasteiger partial charge in [0, 0.05) is 4.90 Å². The van der Waals surface area contributed by atoms with Gasteiger partial charge in [0.1, 0.15) is 0 Å². The van der Waals surface area contributed by atoms with Gasteiger partial charge in [0.2, 0.25) is 0 Å². The molecular formula is C10H13ClO2S. The molecule has 1 rings (SSSR count). The van der Waals surface area contributed by atoms with Crippen LogP contribution in [0.15, 0.2) is 23.1 Å². The van der Waals surface area contributed by atoms with E-state index in [1.54, 1.807) is 12.1 Å². The number of hydrogen-bond acceptors (Lipinski definition) is 2. The van der Waals surface area contributed by atoms with Crippen molar-refractivity contribution in [3.05, 3.63) is 28.8 Å². The fraction of sp³-hybridized carbons (Fsp3) is 0.300. The van der Waals surface area contributed by atoms with Crippen LogP contribution in [0.3, 0.4) is 0 Å². The van der Waals surface area contributed by atoms with Gasteiger partial charge in [-0.1, -0.05) is 25.4 Å². The van der Waals surface area contributed by atoms with E-state index >= 15 is 0 Å². The summed E-state index contributed by atoms with van der Waals surface area (Å²) in [5, 5.41) is 8.92. The lowest BCUT2D eigenvalue weighted by atomic mass is 10.2. The van der Waals surface area contributed by atoms with Crippen molar-refractivity contribution < 1.29 is 9.90 Å². The molecule has 0 aromatic heterocycles. The highest BCUT2D eigenvalue weighted by Crippen LogP contribution is 2.23. The lowest BCUT2D eigenvalue weighted by Gasteiger charge is -2.00. The Morgan fingerprint density at radius 2 is 2.00 bits per heavy atom. The molecule has 0 spiro atoms. The first-order valence-electron chi connectivity index (χ1n) is 4.22. The maximum absolute atomic E-state index is 10.5. The van der Waals surface area contributed by atoms with Crippen molar-refractivity contribution in [2.24, 2.45) is 0 Å². The molecule has 0 heterocycles. The smallest absolute Gasteiger partial charge is 0.337 e. The summed E-state index contributed by atoms with van der Waals surface area (Å²) in [4.78, 5) is 11.5. The predicted molar refractivity (Wildman–Crippen MR) is 61.5 cm³/mol. The number of aromatic carboxylic acids is 1. The molecule has 2 nitrogen and oxygen atoms in total. The fourth-order valence-electron chi connectivity index (χ4n) is 0.796. The van der Waals surface area contributed by atoms with E-state index < -0.39 is 5.97 Å². The van der Waals surface area contributed by atoms with Gasteiger partial charge in [0.25, 0.3) is 0 Å². The van der Waals surface area contributed by atoms with Crippen molar-refractivity contribution in [3.63, 3.8) is 0 Å². The van der Waals surface area contributed by atoms with Crippen LogP contribution < -0.4 is 0 Å². The standard InChI is InChI=1S/C8H7ClO2S.C2H6/c1-12-5-2-3-6(8(10)11)7(9)4-5;1-2/h2-4H,1H3,(H,10,11);1-2H3. The molecule has 0 aliphatic rings. The molecular weight excluding hydrogens is 220 g/mol. The number of thioether (sulfide) groups is 1. The van der Waals surface area contributed by atoms with Crippen molar-refractivity contribution in [2.45, 2.75) is 18.7 Å². The number of carboxylic acid groups (broad SMARTS) is 1. The van der Waals surface area contributed by atoms with E-state index in [1.165, 1.54) is 17.8 Å². The van der Waals surface area contributed by atoms with Crippen LogP contribution in [0.2, 0.25) is 5.02 Å². The zero-order valence-corrected chi connectivity index (χ0v) is 9.95. The summed E-state index contributed by atoms with van der Waals surface area (Å²) in [6, 6.07) is 4.90. The molecule has 0 unspecified atom stereocenters. The first-order chi connectivity index (χ1) is 6.65. The Bertz CT molecular complexity index is 313. The molecule has 0 bridgehead atoms. The highest BCUT2D eigenvalue weighted by atomic mass is 35.5. The largest absolute Gasteiger partial charge is 0.478 e. The second-order valence-electron chi connectivity index (χ2n) is 2.15. The molecule has 0 aliphatic heterocycles. The summed E-state index contributed by atoms with van der Waals surface area (Å²) in [5.41, 5.74) is 0.148. The molecule has 0 saturated heterocycles. The second kappa shape index (κ2) is 6.74. The van der Waals surface area contributed by atoms with E-state index in [9.17, 15) is 4.79 Å². The van der Waals surface area contributed by atoms with Crippen molar-refractivity contribution in [2.75, 3.05) is 6.26 Å². The van der Waals surface area contributed by atoms with E-state index in [-0.39, 0.29) is 10.6 Å². The second-order valence-corrected chi connectivity index (χ2v) is 3.44. The Balaban J connectivity index is 0.000000791. The van der Waals surface area contributed by atoms with E-state index in [0.717, 1.165) is 4.90 Å². The Morgan fingerprint density at radius 1 is 1.43 bits per heavy atom. The highest BCUT2D eigenvalue weighted by Gasteiger charge is 2.07. The van der Waals surface area contributed by atoms with Crippen molar-refractivity contribution >= 4 is 29.3 Å². The average Bonchev–Trinajstić information content (AvgIpc) is 2.20. The highest BCUT2D eigenvalue weighted by molar-refractivity contribution is 7.98. The number of benzene rings is 1. The van der Waals surface area contributed by atoms with Gasteiger partial charge in [-0.05, 0) is 24.5 Å². The first-order valence-corrected chi connectivity index (χ1v) is 5.82. The van der Waals surface area contributed by atoms with E-state index in [0.29, 0.717) is 0 Å². The third-order valence-electron chi connectivity index (χ3n) is 1.41. The minimum Gasteiger partial charge on any atom is -0.478 e. The summed E-state index contributed by atoms with van der Waals surface area (Å²) in [5.74, 6) is -0.993. The Labute approximate surface area is 93.3 Å². The molecule has 1 N–H and O–H groups in total. The van der Waals surface area contributed by atoms with Gasteiger partial charge in [-0.2, -0.15) is 0 Å². The summed E-state index contributed by atoms with van der Waals surface area (Å²) >= 11 is 7.23. The van der Waals surface area contributed by atoms with Crippen LogP contribution in [-0.4, -0.2) is 17.3 Å². The minimum absolute atomic E-state index is 0.148. The van der Waals surface area contributed by atoms with Crippen LogP contribution >= 0.6 is 23.4 Å².